The van der Waals surface area contributed by atoms with Crippen LogP contribution in [0, 0.1) is 0 Å². The third-order valence-electron chi connectivity index (χ3n) is 3.31. The number of rotatable bonds is 6. The number of anilines is 1. The number of hydrogen-bond acceptors (Lipinski definition) is 5. The van der Waals surface area contributed by atoms with Crippen LogP contribution >= 0.6 is 11.8 Å². The molecule has 110 valence electrons. The third kappa shape index (κ3) is 3.20. The summed E-state index contributed by atoms with van der Waals surface area (Å²) in [5.74, 6) is 1.71. The topological polar surface area (TPSA) is 47.6 Å². The van der Waals surface area contributed by atoms with E-state index in [1.54, 1.807) is 7.11 Å². The Labute approximate surface area is 124 Å². The predicted molar refractivity (Wildman–Crippen MR) is 82.5 cm³/mol. The van der Waals surface area contributed by atoms with Gasteiger partial charge in [-0.25, -0.2) is 0 Å². The molecule has 20 heavy (non-hydrogen) atoms. The summed E-state index contributed by atoms with van der Waals surface area (Å²) in [5.41, 5.74) is 2.30. The fourth-order valence-electron chi connectivity index (χ4n) is 2.47. The third-order valence-corrected chi connectivity index (χ3v) is 4.58. The van der Waals surface area contributed by atoms with Gasteiger partial charge in [-0.15, -0.1) is 0 Å². The van der Waals surface area contributed by atoms with Crippen LogP contribution in [0.25, 0.3) is 0 Å². The van der Waals surface area contributed by atoms with Crippen LogP contribution in [-0.4, -0.2) is 31.5 Å². The number of methoxy groups -OCH3 is 1. The van der Waals surface area contributed by atoms with Crippen molar-refractivity contribution in [2.24, 2.45) is 0 Å². The number of nitrogens with one attached hydrogen (secondary N) is 1. The number of benzene rings is 1. The highest BCUT2D eigenvalue weighted by Crippen LogP contribution is 2.45. The average molecular weight is 295 g/mol. The van der Waals surface area contributed by atoms with Gasteiger partial charge in [0.1, 0.15) is 5.75 Å². The van der Waals surface area contributed by atoms with Gasteiger partial charge in [-0.05, 0) is 36.4 Å². The first-order valence-electron chi connectivity index (χ1n) is 6.91. The minimum Gasteiger partial charge on any atom is -0.497 e. The first-order valence-corrected chi connectivity index (χ1v) is 7.96. The Kier molecular flexibility index (Phi) is 5.17. The molecule has 2 atom stereocenters. The van der Waals surface area contributed by atoms with Gasteiger partial charge in [0, 0.05) is 5.69 Å². The van der Waals surface area contributed by atoms with Gasteiger partial charge < -0.3 is 14.8 Å². The maximum atomic E-state index is 11.7. The Morgan fingerprint density at radius 3 is 2.85 bits per heavy atom. The molecule has 5 heteroatoms. The molecule has 1 aliphatic heterocycles. The van der Waals surface area contributed by atoms with Crippen molar-refractivity contribution in [3.8, 4) is 5.75 Å². The molecule has 2 rings (SSSR count). The van der Waals surface area contributed by atoms with Crippen LogP contribution in [-0.2, 0) is 9.53 Å². The van der Waals surface area contributed by atoms with Crippen LogP contribution in [0.2, 0.25) is 0 Å². The van der Waals surface area contributed by atoms with E-state index in [1.807, 2.05) is 30.8 Å². The molecule has 4 nitrogen and oxygen atoms in total. The summed E-state index contributed by atoms with van der Waals surface area (Å²) < 4.78 is 10.4. The van der Waals surface area contributed by atoms with Gasteiger partial charge in [0.05, 0.1) is 31.4 Å². The van der Waals surface area contributed by atoms with Crippen molar-refractivity contribution >= 4 is 23.4 Å². The molecule has 0 spiro atoms. The minimum absolute atomic E-state index is 0.0844. The second-order valence-corrected chi connectivity index (χ2v) is 6.01. The van der Waals surface area contributed by atoms with Gasteiger partial charge in [-0.2, -0.15) is 11.8 Å². The predicted octanol–water partition coefficient (Wildman–Crippen LogP) is 3.24. The van der Waals surface area contributed by atoms with Gasteiger partial charge in [0.15, 0.2) is 0 Å². The van der Waals surface area contributed by atoms with E-state index >= 15 is 0 Å². The van der Waals surface area contributed by atoms with E-state index in [-0.39, 0.29) is 17.3 Å². The lowest BCUT2D eigenvalue weighted by Gasteiger charge is -2.18. The van der Waals surface area contributed by atoms with Crippen LogP contribution in [0.3, 0.4) is 0 Å². The second kappa shape index (κ2) is 6.88. The Bertz CT molecular complexity index is 478. The van der Waals surface area contributed by atoms with E-state index in [0.29, 0.717) is 13.0 Å². The van der Waals surface area contributed by atoms with Gasteiger partial charge in [0.25, 0.3) is 0 Å². The number of fused-ring (bicyclic) bond motifs is 1. The molecule has 2 unspecified atom stereocenters. The molecule has 1 aromatic rings. The standard InChI is InChI=1S/C15H21NO3S/c1-4-19-14(17)9-13-15(20-5-2)11-8-10(18-3)6-7-12(11)16-13/h6-8,13,15-16H,4-5,9H2,1-3H3. The van der Waals surface area contributed by atoms with Crippen molar-refractivity contribution in [1.29, 1.82) is 0 Å². The minimum atomic E-state index is -0.147. The van der Waals surface area contributed by atoms with Crippen molar-refractivity contribution in [2.75, 3.05) is 24.8 Å². The molecular weight excluding hydrogens is 274 g/mol. The lowest BCUT2D eigenvalue weighted by Crippen LogP contribution is -2.24. The van der Waals surface area contributed by atoms with Crippen LogP contribution in [0.1, 0.15) is 31.1 Å². The first kappa shape index (κ1) is 15.0. The number of carbonyl (C=O) groups is 1. The normalized spacial score (nSPS) is 20.1. The summed E-state index contributed by atoms with van der Waals surface area (Å²) in [7, 11) is 1.67. The molecule has 1 heterocycles. The molecule has 0 saturated heterocycles. The monoisotopic (exact) mass is 295 g/mol. The van der Waals surface area contributed by atoms with Crippen LogP contribution < -0.4 is 10.1 Å². The Balaban J connectivity index is 2.18. The largest absolute Gasteiger partial charge is 0.497 e. The molecule has 0 amide bonds. The maximum absolute atomic E-state index is 11.7. The lowest BCUT2D eigenvalue weighted by atomic mass is 10.1. The summed E-state index contributed by atoms with van der Waals surface area (Å²) in [4.78, 5) is 11.7. The number of esters is 1. The van der Waals surface area contributed by atoms with Gasteiger partial charge in [0.2, 0.25) is 0 Å². The van der Waals surface area contributed by atoms with E-state index in [9.17, 15) is 4.79 Å². The first-order chi connectivity index (χ1) is 9.69. The highest BCUT2D eigenvalue weighted by Gasteiger charge is 2.34. The fourth-order valence-corrected chi connectivity index (χ4v) is 3.60. The Hall–Kier alpha value is -1.36. The zero-order chi connectivity index (χ0) is 14.5. The van der Waals surface area contributed by atoms with Crippen molar-refractivity contribution in [3.63, 3.8) is 0 Å². The van der Waals surface area contributed by atoms with Crippen LogP contribution in [0.4, 0.5) is 5.69 Å². The summed E-state index contributed by atoms with van der Waals surface area (Å²) in [6.45, 7) is 4.39. The SMILES string of the molecule is CCOC(=O)CC1Nc2ccc(OC)cc2C1SCC. The van der Waals surface area contributed by atoms with Crippen molar-refractivity contribution in [2.45, 2.75) is 31.6 Å². The Morgan fingerprint density at radius 1 is 1.40 bits per heavy atom. The van der Waals surface area contributed by atoms with Gasteiger partial charge >= 0.3 is 5.97 Å². The zero-order valence-corrected chi connectivity index (χ0v) is 13.0. The van der Waals surface area contributed by atoms with E-state index in [4.69, 9.17) is 9.47 Å². The van der Waals surface area contributed by atoms with Crippen molar-refractivity contribution in [1.82, 2.24) is 0 Å². The Morgan fingerprint density at radius 2 is 2.20 bits per heavy atom. The van der Waals surface area contributed by atoms with Crippen molar-refractivity contribution in [3.05, 3.63) is 23.8 Å². The summed E-state index contributed by atoms with van der Waals surface area (Å²) in [6.07, 6.45) is 0.391. The second-order valence-electron chi connectivity index (χ2n) is 4.59. The summed E-state index contributed by atoms with van der Waals surface area (Å²) >= 11 is 1.84. The molecule has 0 aromatic heterocycles. The number of carbonyl (C=O) groups excluding carboxylic acids is 1. The fraction of sp³-hybridized carbons (Fsp3) is 0.533. The number of thioether (sulfide) groups is 1. The zero-order valence-electron chi connectivity index (χ0n) is 12.1. The smallest absolute Gasteiger partial charge is 0.307 e. The molecule has 1 aliphatic rings. The molecule has 1 N–H and O–H groups in total. The summed E-state index contributed by atoms with van der Waals surface area (Å²) in [5, 5.41) is 3.69. The van der Waals surface area contributed by atoms with Crippen molar-refractivity contribution < 1.29 is 14.3 Å². The summed E-state index contributed by atoms with van der Waals surface area (Å²) in [6, 6.07) is 6.09. The van der Waals surface area contributed by atoms with Gasteiger partial charge in [-0.3, -0.25) is 4.79 Å². The molecule has 0 saturated carbocycles. The van der Waals surface area contributed by atoms with E-state index < -0.39 is 0 Å². The molecular formula is C15H21NO3S. The quantitative estimate of drug-likeness (QED) is 0.816. The van der Waals surface area contributed by atoms with E-state index in [0.717, 1.165) is 17.2 Å². The molecule has 0 aliphatic carbocycles. The molecule has 0 bridgehead atoms. The highest BCUT2D eigenvalue weighted by molar-refractivity contribution is 7.99. The van der Waals surface area contributed by atoms with E-state index in [2.05, 4.69) is 18.3 Å². The van der Waals surface area contributed by atoms with Gasteiger partial charge in [-0.1, -0.05) is 6.92 Å². The van der Waals surface area contributed by atoms with Crippen LogP contribution in [0.5, 0.6) is 5.75 Å². The average Bonchev–Trinajstić information content (AvgIpc) is 2.76. The number of hydrogen-bond donors (Lipinski definition) is 1. The lowest BCUT2D eigenvalue weighted by molar-refractivity contribution is -0.143. The molecule has 0 radical (unpaired) electrons. The molecule has 0 fully saturated rings. The van der Waals surface area contributed by atoms with Crippen LogP contribution in [0.15, 0.2) is 18.2 Å². The maximum Gasteiger partial charge on any atom is 0.307 e. The number of ether oxygens (including phenoxy) is 2. The molecule has 1 aromatic carbocycles. The highest BCUT2D eigenvalue weighted by atomic mass is 32.2. The van der Waals surface area contributed by atoms with E-state index in [1.165, 1.54) is 5.56 Å².